The molecule has 0 radical (unpaired) electrons. The van der Waals surface area contributed by atoms with E-state index >= 15 is 0 Å². The van der Waals surface area contributed by atoms with E-state index in [9.17, 15) is 4.79 Å². The highest BCUT2D eigenvalue weighted by atomic mass is 16.5. The van der Waals surface area contributed by atoms with E-state index in [-0.39, 0.29) is 12.0 Å². The van der Waals surface area contributed by atoms with Gasteiger partial charge in [-0.3, -0.25) is 0 Å². The molecule has 108 valence electrons. The molecule has 1 aliphatic rings. The molecule has 1 amide bonds. The monoisotopic (exact) mass is 281 g/mol. The maximum atomic E-state index is 11.9. The lowest BCUT2D eigenvalue weighted by molar-refractivity contribution is 0.115. The van der Waals surface area contributed by atoms with Gasteiger partial charge in [0, 0.05) is 19.5 Å². The predicted molar refractivity (Wildman–Crippen MR) is 83.4 cm³/mol. The number of fused-ring (bicyclic) bond motifs is 3. The average molecular weight is 281 g/mol. The fourth-order valence-corrected chi connectivity index (χ4v) is 3.04. The Hall–Kier alpha value is -2.29. The van der Waals surface area contributed by atoms with E-state index < -0.39 is 0 Å². The summed E-state index contributed by atoms with van der Waals surface area (Å²) in [6.07, 6.45) is -0.264. The highest BCUT2D eigenvalue weighted by molar-refractivity contribution is 5.79. The highest BCUT2D eigenvalue weighted by Crippen LogP contribution is 2.44. The molecule has 0 atom stereocenters. The fourth-order valence-electron chi connectivity index (χ4n) is 3.04. The number of benzene rings is 2. The van der Waals surface area contributed by atoms with Crippen molar-refractivity contribution in [2.24, 2.45) is 0 Å². The quantitative estimate of drug-likeness (QED) is 0.854. The van der Waals surface area contributed by atoms with E-state index in [1.54, 1.807) is 11.9 Å². The van der Waals surface area contributed by atoms with E-state index in [0.717, 1.165) is 0 Å². The van der Waals surface area contributed by atoms with Gasteiger partial charge in [0.15, 0.2) is 0 Å². The van der Waals surface area contributed by atoms with Crippen molar-refractivity contribution in [3.63, 3.8) is 0 Å². The predicted octanol–water partition coefficient (Wildman–Crippen LogP) is 3.89. The van der Waals surface area contributed by atoms with Crippen LogP contribution in [-0.2, 0) is 4.74 Å². The second-order valence-corrected chi connectivity index (χ2v) is 5.31. The maximum absolute atomic E-state index is 11.9. The lowest BCUT2D eigenvalue weighted by atomic mass is 9.96. The van der Waals surface area contributed by atoms with Crippen LogP contribution in [-0.4, -0.2) is 31.2 Å². The second kappa shape index (κ2) is 5.60. The smallest absolute Gasteiger partial charge is 0.409 e. The molecule has 3 heteroatoms. The minimum Gasteiger partial charge on any atom is -0.450 e. The van der Waals surface area contributed by atoms with Crippen molar-refractivity contribution in [1.29, 1.82) is 0 Å². The van der Waals surface area contributed by atoms with Crippen LogP contribution in [0.25, 0.3) is 11.1 Å². The lowest BCUT2D eigenvalue weighted by Crippen LogP contribution is -2.31. The van der Waals surface area contributed by atoms with Gasteiger partial charge in [0.25, 0.3) is 0 Å². The summed E-state index contributed by atoms with van der Waals surface area (Å²) < 4.78 is 5.08. The van der Waals surface area contributed by atoms with E-state index in [2.05, 4.69) is 48.5 Å². The SMILES string of the molecule is CCOC(=O)N(C)CC1c2ccccc2-c2ccccc21. The van der Waals surface area contributed by atoms with Crippen molar-refractivity contribution in [2.75, 3.05) is 20.2 Å². The van der Waals surface area contributed by atoms with Gasteiger partial charge in [0.05, 0.1) is 6.61 Å². The Balaban J connectivity index is 1.94. The van der Waals surface area contributed by atoms with Crippen molar-refractivity contribution in [2.45, 2.75) is 12.8 Å². The third kappa shape index (κ3) is 2.40. The zero-order chi connectivity index (χ0) is 14.8. The minimum atomic E-state index is -0.264. The molecule has 0 fully saturated rings. The van der Waals surface area contributed by atoms with E-state index in [1.807, 2.05) is 6.92 Å². The van der Waals surface area contributed by atoms with Crippen molar-refractivity contribution >= 4 is 6.09 Å². The number of amides is 1. The number of hydrogen-bond acceptors (Lipinski definition) is 2. The van der Waals surface area contributed by atoms with Crippen LogP contribution < -0.4 is 0 Å². The Morgan fingerprint density at radius 1 is 1.05 bits per heavy atom. The summed E-state index contributed by atoms with van der Waals surface area (Å²) in [5.74, 6) is 0.215. The van der Waals surface area contributed by atoms with E-state index in [4.69, 9.17) is 4.74 Å². The summed E-state index contributed by atoms with van der Waals surface area (Å²) >= 11 is 0. The van der Waals surface area contributed by atoms with Crippen LogP contribution in [0.1, 0.15) is 24.0 Å². The molecule has 0 spiro atoms. The summed E-state index contributed by atoms with van der Waals surface area (Å²) in [6.45, 7) is 2.86. The maximum Gasteiger partial charge on any atom is 0.409 e. The first-order chi connectivity index (χ1) is 10.2. The van der Waals surface area contributed by atoms with Crippen molar-refractivity contribution < 1.29 is 9.53 Å². The van der Waals surface area contributed by atoms with Gasteiger partial charge < -0.3 is 9.64 Å². The van der Waals surface area contributed by atoms with Crippen molar-refractivity contribution in [3.05, 3.63) is 59.7 Å². The highest BCUT2D eigenvalue weighted by Gasteiger charge is 2.29. The Bertz CT molecular complexity index is 620. The molecule has 0 aromatic heterocycles. The molecule has 3 nitrogen and oxygen atoms in total. The van der Waals surface area contributed by atoms with Crippen LogP contribution in [0, 0.1) is 0 Å². The topological polar surface area (TPSA) is 29.5 Å². The molecule has 0 N–H and O–H groups in total. The molecule has 0 unspecified atom stereocenters. The molecule has 2 aromatic rings. The summed E-state index contributed by atoms with van der Waals surface area (Å²) in [4.78, 5) is 13.5. The van der Waals surface area contributed by atoms with E-state index in [1.165, 1.54) is 22.3 Å². The van der Waals surface area contributed by atoms with Crippen LogP contribution in [0.15, 0.2) is 48.5 Å². The number of hydrogen-bond donors (Lipinski definition) is 0. The average Bonchev–Trinajstić information content (AvgIpc) is 2.82. The number of carbonyl (C=O) groups is 1. The number of likely N-dealkylation sites (N-methyl/N-ethyl adjacent to an activating group) is 1. The minimum absolute atomic E-state index is 0.215. The van der Waals surface area contributed by atoms with Crippen LogP contribution in [0.4, 0.5) is 4.79 Å². The number of carbonyl (C=O) groups excluding carboxylic acids is 1. The summed E-state index contributed by atoms with van der Waals surface area (Å²) in [6, 6.07) is 16.8. The molecule has 21 heavy (non-hydrogen) atoms. The Morgan fingerprint density at radius 2 is 1.57 bits per heavy atom. The van der Waals surface area contributed by atoms with Gasteiger partial charge in [-0.1, -0.05) is 48.5 Å². The molecule has 0 aliphatic heterocycles. The van der Waals surface area contributed by atoms with Crippen LogP contribution in [0.5, 0.6) is 0 Å². The van der Waals surface area contributed by atoms with Gasteiger partial charge in [-0.2, -0.15) is 0 Å². The van der Waals surface area contributed by atoms with Crippen LogP contribution >= 0.6 is 0 Å². The van der Waals surface area contributed by atoms with Crippen LogP contribution in [0.2, 0.25) is 0 Å². The second-order valence-electron chi connectivity index (χ2n) is 5.31. The van der Waals surface area contributed by atoms with Gasteiger partial charge in [0.1, 0.15) is 0 Å². The Kier molecular flexibility index (Phi) is 3.65. The molecule has 0 heterocycles. The number of rotatable bonds is 3. The summed E-state index contributed by atoms with van der Waals surface area (Å²) in [5.41, 5.74) is 5.12. The first kappa shape index (κ1) is 13.7. The molecular formula is C18H19NO2. The lowest BCUT2D eigenvalue weighted by Gasteiger charge is -2.22. The standard InChI is InChI=1S/C18H19NO2/c1-3-21-18(20)19(2)12-17-15-10-6-4-8-13(15)14-9-5-7-11-16(14)17/h4-11,17H,3,12H2,1-2H3. The van der Waals surface area contributed by atoms with Gasteiger partial charge in [-0.15, -0.1) is 0 Å². The van der Waals surface area contributed by atoms with Crippen LogP contribution in [0.3, 0.4) is 0 Å². The number of ether oxygens (including phenoxy) is 1. The fraction of sp³-hybridized carbons (Fsp3) is 0.278. The molecule has 1 aliphatic carbocycles. The third-order valence-corrected chi connectivity index (χ3v) is 4.00. The molecule has 0 saturated carbocycles. The molecule has 2 aromatic carbocycles. The summed E-state index contributed by atoms with van der Waals surface area (Å²) in [5, 5.41) is 0. The van der Waals surface area contributed by atoms with Gasteiger partial charge in [-0.25, -0.2) is 4.79 Å². The van der Waals surface area contributed by atoms with Gasteiger partial charge >= 0.3 is 6.09 Å². The molecule has 0 bridgehead atoms. The third-order valence-electron chi connectivity index (χ3n) is 4.00. The largest absolute Gasteiger partial charge is 0.450 e. The first-order valence-electron chi connectivity index (χ1n) is 7.28. The molecular weight excluding hydrogens is 262 g/mol. The summed E-state index contributed by atoms with van der Waals surface area (Å²) in [7, 11) is 1.79. The van der Waals surface area contributed by atoms with Crippen molar-refractivity contribution in [3.8, 4) is 11.1 Å². The number of nitrogens with zero attached hydrogens (tertiary/aromatic N) is 1. The Morgan fingerprint density at radius 3 is 2.10 bits per heavy atom. The zero-order valence-electron chi connectivity index (χ0n) is 12.4. The molecule has 3 rings (SSSR count). The Labute approximate surface area is 125 Å². The van der Waals surface area contributed by atoms with Gasteiger partial charge in [0.2, 0.25) is 0 Å². The van der Waals surface area contributed by atoms with Gasteiger partial charge in [-0.05, 0) is 29.2 Å². The first-order valence-corrected chi connectivity index (χ1v) is 7.28. The normalized spacial score (nSPS) is 12.7. The zero-order valence-corrected chi connectivity index (χ0v) is 12.4. The van der Waals surface area contributed by atoms with E-state index in [0.29, 0.717) is 13.2 Å². The van der Waals surface area contributed by atoms with Crippen molar-refractivity contribution in [1.82, 2.24) is 4.90 Å². The molecule has 0 saturated heterocycles.